The molecule has 2 unspecified atom stereocenters. The highest BCUT2D eigenvalue weighted by Gasteiger charge is 2.31. The fraction of sp³-hybridized carbons (Fsp3) is 0.417. The van der Waals surface area contributed by atoms with Crippen LogP contribution in [-0.4, -0.2) is 31.0 Å². The first-order valence-electron chi connectivity index (χ1n) is 5.64. The van der Waals surface area contributed by atoms with Crippen LogP contribution < -0.4 is 10.6 Å². The molecule has 0 amide bonds. The van der Waals surface area contributed by atoms with Crippen molar-refractivity contribution in [2.75, 3.05) is 13.1 Å². The summed E-state index contributed by atoms with van der Waals surface area (Å²) in [5.41, 5.74) is 0.580. The smallest absolute Gasteiger partial charge is 0.134 e. The van der Waals surface area contributed by atoms with Crippen LogP contribution in [0.2, 0.25) is 0 Å². The lowest BCUT2D eigenvalue weighted by Crippen LogP contribution is -2.48. The minimum absolute atomic E-state index is 0.208. The van der Waals surface area contributed by atoms with E-state index in [1.165, 1.54) is 6.07 Å². The van der Waals surface area contributed by atoms with Crippen molar-refractivity contribution in [3.8, 4) is 0 Å². The van der Waals surface area contributed by atoms with E-state index in [0.717, 1.165) is 19.5 Å². The van der Waals surface area contributed by atoms with Crippen molar-refractivity contribution in [2.45, 2.75) is 18.5 Å². The Morgan fingerprint density at radius 1 is 1.31 bits per heavy atom. The van der Waals surface area contributed by atoms with E-state index in [9.17, 15) is 4.39 Å². The maximum Gasteiger partial charge on any atom is 0.134 e. The quantitative estimate of drug-likeness (QED) is 0.736. The van der Waals surface area contributed by atoms with Crippen molar-refractivity contribution in [1.29, 1.82) is 0 Å². The molecule has 0 bridgehead atoms. The number of amidine groups is 1. The third-order valence-corrected chi connectivity index (χ3v) is 3.19. The molecule has 1 saturated heterocycles. The van der Waals surface area contributed by atoms with Gasteiger partial charge in [-0.15, -0.1) is 0 Å². The topological polar surface area (TPSA) is 36.4 Å². The predicted molar refractivity (Wildman–Crippen MR) is 61.1 cm³/mol. The Morgan fingerprint density at radius 2 is 2.19 bits per heavy atom. The molecule has 2 aliphatic rings. The molecular weight excluding hydrogens is 205 g/mol. The van der Waals surface area contributed by atoms with Gasteiger partial charge >= 0.3 is 0 Å². The lowest BCUT2D eigenvalue weighted by atomic mass is 10.0. The van der Waals surface area contributed by atoms with Crippen LogP contribution in [-0.2, 0) is 0 Å². The lowest BCUT2D eigenvalue weighted by Gasteiger charge is -2.24. The zero-order valence-electron chi connectivity index (χ0n) is 8.91. The molecule has 1 fully saturated rings. The molecule has 0 saturated carbocycles. The summed E-state index contributed by atoms with van der Waals surface area (Å²) >= 11 is 0. The number of aliphatic imine (C=N–C) groups is 1. The average Bonchev–Trinajstić information content (AvgIpc) is 2.73. The number of halogens is 1. The van der Waals surface area contributed by atoms with Crippen molar-refractivity contribution in [3.63, 3.8) is 0 Å². The highest BCUT2D eigenvalue weighted by Crippen LogP contribution is 2.18. The van der Waals surface area contributed by atoms with Crippen LogP contribution in [0.15, 0.2) is 29.3 Å². The van der Waals surface area contributed by atoms with Gasteiger partial charge in [-0.3, -0.25) is 4.99 Å². The monoisotopic (exact) mass is 219 g/mol. The van der Waals surface area contributed by atoms with Crippen molar-refractivity contribution >= 4 is 5.84 Å². The van der Waals surface area contributed by atoms with Gasteiger partial charge in [0.05, 0.1) is 17.6 Å². The van der Waals surface area contributed by atoms with Crippen molar-refractivity contribution < 1.29 is 4.39 Å². The number of piperidine rings is 1. The van der Waals surface area contributed by atoms with Gasteiger partial charge in [0.15, 0.2) is 0 Å². The number of hydrogen-bond acceptors (Lipinski definition) is 3. The highest BCUT2D eigenvalue weighted by molar-refractivity contribution is 6.00. The van der Waals surface area contributed by atoms with Crippen LogP contribution >= 0.6 is 0 Å². The third-order valence-electron chi connectivity index (χ3n) is 3.19. The van der Waals surface area contributed by atoms with Crippen LogP contribution in [0.25, 0.3) is 0 Å². The van der Waals surface area contributed by atoms with Crippen molar-refractivity contribution in [2.24, 2.45) is 4.99 Å². The van der Waals surface area contributed by atoms with Gasteiger partial charge < -0.3 is 10.6 Å². The summed E-state index contributed by atoms with van der Waals surface area (Å²) in [7, 11) is 0. The summed E-state index contributed by atoms with van der Waals surface area (Å²) in [6.45, 7) is 1.91. The molecule has 0 aromatic heterocycles. The molecule has 0 spiro atoms. The Balaban J connectivity index is 1.89. The molecule has 2 heterocycles. The second-order valence-electron chi connectivity index (χ2n) is 4.27. The average molecular weight is 219 g/mol. The molecule has 4 heteroatoms. The number of benzene rings is 1. The predicted octanol–water partition coefficient (Wildman–Crippen LogP) is 0.906. The largest absolute Gasteiger partial charge is 0.364 e. The fourth-order valence-corrected chi connectivity index (χ4v) is 2.33. The first-order valence-corrected chi connectivity index (χ1v) is 5.64. The number of nitrogens with zero attached hydrogens (tertiary/aromatic N) is 1. The van der Waals surface area contributed by atoms with Crippen LogP contribution in [0.1, 0.15) is 12.0 Å². The van der Waals surface area contributed by atoms with E-state index in [1.54, 1.807) is 12.1 Å². The zero-order valence-corrected chi connectivity index (χ0v) is 8.91. The molecule has 3 rings (SSSR count). The molecule has 2 atom stereocenters. The Kier molecular flexibility index (Phi) is 2.36. The normalized spacial score (nSPS) is 28.2. The number of rotatable bonds is 1. The Morgan fingerprint density at radius 3 is 3.00 bits per heavy atom. The number of hydrogen-bond donors (Lipinski definition) is 2. The van der Waals surface area contributed by atoms with Gasteiger partial charge in [-0.05, 0) is 25.1 Å². The second-order valence-corrected chi connectivity index (χ2v) is 4.27. The summed E-state index contributed by atoms with van der Waals surface area (Å²) in [5, 5.41) is 6.61. The Hall–Kier alpha value is -1.42. The van der Waals surface area contributed by atoms with Gasteiger partial charge in [0.1, 0.15) is 11.7 Å². The van der Waals surface area contributed by atoms with Gasteiger partial charge in [-0.2, -0.15) is 0 Å². The number of nitrogens with one attached hydrogen (secondary N) is 2. The SMILES string of the molecule is Fc1ccccc1C1=NC2CCNCC2N1. The van der Waals surface area contributed by atoms with Gasteiger partial charge in [0.25, 0.3) is 0 Å². The fourth-order valence-electron chi connectivity index (χ4n) is 2.33. The zero-order chi connectivity index (χ0) is 11.0. The molecule has 1 aromatic carbocycles. The van der Waals surface area contributed by atoms with Crippen molar-refractivity contribution in [3.05, 3.63) is 35.6 Å². The van der Waals surface area contributed by atoms with E-state index in [1.807, 2.05) is 6.07 Å². The van der Waals surface area contributed by atoms with E-state index in [4.69, 9.17) is 0 Å². The maximum atomic E-state index is 13.6. The van der Waals surface area contributed by atoms with Gasteiger partial charge in [0.2, 0.25) is 0 Å². The maximum absolute atomic E-state index is 13.6. The second kappa shape index (κ2) is 3.87. The number of fused-ring (bicyclic) bond motifs is 1. The highest BCUT2D eigenvalue weighted by atomic mass is 19.1. The summed E-state index contributed by atoms with van der Waals surface area (Å²) in [5.74, 6) is 0.497. The van der Waals surface area contributed by atoms with Crippen LogP contribution in [0.4, 0.5) is 4.39 Å². The summed E-state index contributed by atoms with van der Waals surface area (Å²) in [6, 6.07) is 7.40. The molecule has 2 N–H and O–H groups in total. The van der Waals surface area contributed by atoms with Crippen LogP contribution in [0.5, 0.6) is 0 Å². The van der Waals surface area contributed by atoms with E-state index >= 15 is 0 Å². The summed E-state index contributed by atoms with van der Waals surface area (Å²) in [6.07, 6.45) is 1.02. The Bertz CT molecular complexity index is 430. The van der Waals surface area contributed by atoms with Crippen molar-refractivity contribution in [1.82, 2.24) is 10.6 Å². The van der Waals surface area contributed by atoms with Crippen LogP contribution in [0.3, 0.4) is 0 Å². The standard InChI is InChI=1S/C12H14FN3/c13-9-4-2-1-3-8(9)12-15-10-5-6-14-7-11(10)16-12/h1-4,10-11,14H,5-7H2,(H,15,16). The van der Waals surface area contributed by atoms with E-state index in [0.29, 0.717) is 23.5 Å². The molecule has 0 radical (unpaired) electrons. The van der Waals surface area contributed by atoms with Gasteiger partial charge in [0, 0.05) is 6.54 Å². The van der Waals surface area contributed by atoms with E-state index in [-0.39, 0.29) is 5.82 Å². The summed E-state index contributed by atoms with van der Waals surface area (Å²) < 4.78 is 13.6. The van der Waals surface area contributed by atoms with Gasteiger partial charge in [-0.25, -0.2) is 4.39 Å². The molecule has 1 aromatic rings. The molecule has 84 valence electrons. The van der Waals surface area contributed by atoms with Crippen LogP contribution in [0, 0.1) is 5.82 Å². The lowest BCUT2D eigenvalue weighted by molar-refractivity contribution is 0.402. The molecule has 16 heavy (non-hydrogen) atoms. The third kappa shape index (κ3) is 1.59. The van der Waals surface area contributed by atoms with E-state index < -0.39 is 0 Å². The van der Waals surface area contributed by atoms with E-state index in [2.05, 4.69) is 15.6 Å². The molecule has 0 aliphatic carbocycles. The first-order chi connectivity index (χ1) is 7.84. The Labute approximate surface area is 93.8 Å². The van der Waals surface area contributed by atoms with Gasteiger partial charge in [-0.1, -0.05) is 12.1 Å². The molecule has 2 aliphatic heterocycles. The minimum atomic E-state index is -0.208. The first kappa shape index (κ1) is 9.78. The summed E-state index contributed by atoms with van der Waals surface area (Å²) in [4.78, 5) is 4.57. The minimum Gasteiger partial charge on any atom is -0.364 e. The molecular formula is C12H14FN3. The molecule has 3 nitrogen and oxygen atoms in total.